The molecule has 1 N–H and O–H groups in total. The molecule has 0 fully saturated rings. The fourth-order valence-electron chi connectivity index (χ4n) is 2.80. The number of allylic oxidation sites excluding steroid dienone is 1. The minimum atomic E-state index is -0.279. The number of hydrogen-bond acceptors (Lipinski definition) is 4. The first-order valence-electron chi connectivity index (χ1n) is 9.29. The highest BCUT2D eigenvalue weighted by Crippen LogP contribution is 2.34. The molecule has 2 amide bonds. The number of carbonyl (C=O) groups excluding carboxylic acids is 2. The Bertz CT molecular complexity index is 880. The zero-order chi connectivity index (χ0) is 20.1. The van der Waals surface area contributed by atoms with E-state index < -0.39 is 0 Å². The molecule has 0 bridgehead atoms. The SMILES string of the molecule is COc1ccc(/C=C2/SC3C=CC(C(=O)NCCC(C)C)=CC3=NC2=O)cc1. The third-order valence-corrected chi connectivity index (χ3v) is 5.62. The maximum Gasteiger partial charge on any atom is 0.283 e. The summed E-state index contributed by atoms with van der Waals surface area (Å²) in [6.07, 6.45) is 8.21. The molecule has 1 aliphatic heterocycles. The Balaban J connectivity index is 1.71. The molecule has 2 aliphatic rings. The molecule has 28 heavy (non-hydrogen) atoms. The first kappa shape index (κ1) is 20.1. The highest BCUT2D eigenvalue weighted by molar-refractivity contribution is 8.05. The summed E-state index contributed by atoms with van der Waals surface area (Å²) in [6, 6.07) is 7.50. The summed E-state index contributed by atoms with van der Waals surface area (Å²) < 4.78 is 5.15. The van der Waals surface area contributed by atoms with Crippen LogP contribution in [0.5, 0.6) is 5.75 Å². The van der Waals surface area contributed by atoms with Crippen molar-refractivity contribution < 1.29 is 14.3 Å². The van der Waals surface area contributed by atoms with Gasteiger partial charge in [-0.1, -0.05) is 38.1 Å². The Morgan fingerprint density at radius 2 is 2.07 bits per heavy atom. The zero-order valence-corrected chi connectivity index (χ0v) is 17.1. The molecule has 0 saturated carbocycles. The zero-order valence-electron chi connectivity index (χ0n) is 16.3. The van der Waals surface area contributed by atoms with E-state index >= 15 is 0 Å². The Morgan fingerprint density at radius 1 is 1.32 bits per heavy atom. The number of nitrogens with one attached hydrogen (secondary N) is 1. The van der Waals surface area contributed by atoms with Crippen molar-refractivity contribution in [2.45, 2.75) is 25.5 Å². The number of benzene rings is 1. The van der Waals surface area contributed by atoms with Gasteiger partial charge in [-0.2, -0.15) is 0 Å². The fraction of sp³-hybridized carbons (Fsp3) is 0.318. The molecule has 1 aliphatic carbocycles. The lowest BCUT2D eigenvalue weighted by atomic mass is 10.0. The molecule has 1 aromatic carbocycles. The number of fused-ring (bicyclic) bond motifs is 1. The van der Waals surface area contributed by atoms with Crippen molar-refractivity contribution in [3.05, 3.63) is 58.5 Å². The number of hydrogen-bond donors (Lipinski definition) is 1. The predicted octanol–water partition coefficient (Wildman–Crippen LogP) is 3.78. The number of aliphatic imine (C=N–C) groups is 1. The average molecular weight is 397 g/mol. The van der Waals surface area contributed by atoms with Crippen LogP contribution in [-0.4, -0.2) is 36.4 Å². The second-order valence-electron chi connectivity index (χ2n) is 7.06. The van der Waals surface area contributed by atoms with Gasteiger partial charge in [-0.05, 0) is 42.2 Å². The number of ether oxygens (including phenoxy) is 1. The van der Waals surface area contributed by atoms with E-state index in [0.717, 1.165) is 17.7 Å². The van der Waals surface area contributed by atoms with Crippen LogP contribution in [0.2, 0.25) is 0 Å². The summed E-state index contributed by atoms with van der Waals surface area (Å²) in [5.74, 6) is 0.895. The monoisotopic (exact) mass is 396 g/mol. The van der Waals surface area contributed by atoms with Crippen LogP contribution in [0.15, 0.2) is 58.0 Å². The molecule has 5 nitrogen and oxygen atoms in total. The highest BCUT2D eigenvalue weighted by Gasteiger charge is 2.28. The van der Waals surface area contributed by atoms with Crippen LogP contribution < -0.4 is 10.1 Å². The van der Waals surface area contributed by atoms with Crippen molar-refractivity contribution in [1.82, 2.24) is 5.32 Å². The van der Waals surface area contributed by atoms with Gasteiger partial charge in [-0.25, -0.2) is 4.99 Å². The molecule has 0 radical (unpaired) electrons. The van der Waals surface area contributed by atoms with Gasteiger partial charge in [0.2, 0.25) is 0 Å². The van der Waals surface area contributed by atoms with Crippen LogP contribution in [0.25, 0.3) is 6.08 Å². The normalized spacial score (nSPS) is 19.9. The van der Waals surface area contributed by atoms with Gasteiger partial charge in [0.15, 0.2) is 0 Å². The summed E-state index contributed by atoms with van der Waals surface area (Å²) in [5.41, 5.74) is 2.07. The number of nitrogens with zero attached hydrogens (tertiary/aromatic N) is 1. The van der Waals surface area contributed by atoms with E-state index in [2.05, 4.69) is 24.2 Å². The van der Waals surface area contributed by atoms with Crippen molar-refractivity contribution >= 4 is 35.4 Å². The molecule has 0 aromatic heterocycles. The van der Waals surface area contributed by atoms with Gasteiger partial charge in [0.05, 0.1) is 23.0 Å². The van der Waals surface area contributed by atoms with E-state index in [9.17, 15) is 9.59 Å². The Morgan fingerprint density at radius 3 is 2.75 bits per heavy atom. The Hall–Kier alpha value is -2.60. The van der Waals surface area contributed by atoms with Gasteiger partial charge in [0, 0.05) is 12.1 Å². The maximum absolute atomic E-state index is 12.4. The standard InChI is InChI=1S/C22H24N2O3S/c1-14(2)10-11-23-21(25)16-6-9-19-18(13-16)24-22(26)20(28-19)12-15-4-7-17(27-3)8-5-15/h4-9,12-14,19H,10-11H2,1-3H3,(H,23,25)/b20-12+. The second-order valence-corrected chi connectivity index (χ2v) is 8.24. The average Bonchev–Trinajstić information content (AvgIpc) is 2.68. The largest absolute Gasteiger partial charge is 0.497 e. The number of amides is 2. The van der Waals surface area contributed by atoms with Gasteiger partial charge >= 0.3 is 0 Å². The molecule has 1 aromatic rings. The van der Waals surface area contributed by atoms with Crippen molar-refractivity contribution in [3.63, 3.8) is 0 Å². The lowest BCUT2D eigenvalue weighted by Crippen LogP contribution is -2.30. The van der Waals surface area contributed by atoms with Gasteiger partial charge in [-0.15, -0.1) is 11.8 Å². The van der Waals surface area contributed by atoms with Crippen molar-refractivity contribution in [3.8, 4) is 5.75 Å². The molecule has 6 heteroatoms. The number of methoxy groups -OCH3 is 1. The van der Waals surface area contributed by atoms with Crippen molar-refractivity contribution in [1.29, 1.82) is 0 Å². The van der Waals surface area contributed by atoms with Crippen LogP contribution >= 0.6 is 11.8 Å². The maximum atomic E-state index is 12.4. The van der Waals surface area contributed by atoms with Gasteiger partial charge in [0.25, 0.3) is 11.8 Å². The topological polar surface area (TPSA) is 67.8 Å². The third-order valence-electron chi connectivity index (χ3n) is 4.42. The van der Waals surface area contributed by atoms with Gasteiger partial charge in [-0.3, -0.25) is 9.59 Å². The third kappa shape index (κ3) is 5.01. The summed E-state index contributed by atoms with van der Waals surface area (Å²) >= 11 is 1.45. The number of rotatable bonds is 6. The highest BCUT2D eigenvalue weighted by atomic mass is 32.2. The number of carbonyl (C=O) groups is 2. The Kier molecular flexibility index (Phi) is 6.52. The summed E-state index contributed by atoms with van der Waals surface area (Å²) in [6.45, 7) is 4.88. The van der Waals surface area contributed by atoms with E-state index in [-0.39, 0.29) is 17.1 Å². The van der Waals surface area contributed by atoms with E-state index in [0.29, 0.717) is 28.7 Å². The molecule has 146 valence electrons. The molecule has 1 atom stereocenters. The molecule has 1 heterocycles. The Labute approximate surface area is 169 Å². The smallest absolute Gasteiger partial charge is 0.283 e. The second kappa shape index (κ2) is 9.06. The lowest BCUT2D eigenvalue weighted by Gasteiger charge is -2.22. The van der Waals surface area contributed by atoms with Crippen LogP contribution in [0.1, 0.15) is 25.8 Å². The van der Waals surface area contributed by atoms with Crippen LogP contribution in [0.3, 0.4) is 0 Å². The first-order valence-corrected chi connectivity index (χ1v) is 10.2. The molecular weight excluding hydrogens is 372 g/mol. The van der Waals surface area contributed by atoms with E-state index in [1.54, 1.807) is 13.2 Å². The van der Waals surface area contributed by atoms with E-state index in [1.165, 1.54) is 11.8 Å². The molecule has 1 unspecified atom stereocenters. The fourth-order valence-corrected chi connectivity index (χ4v) is 3.82. The predicted molar refractivity (Wildman–Crippen MR) is 114 cm³/mol. The van der Waals surface area contributed by atoms with Crippen LogP contribution in [0.4, 0.5) is 0 Å². The molecule has 0 saturated heterocycles. The van der Waals surface area contributed by atoms with Gasteiger partial charge in [0.1, 0.15) is 5.75 Å². The molecular formula is C22H24N2O3S. The quantitative estimate of drug-likeness (QED) is 0.743. The minimum Gasteiger partial charge on any atom is -0.497 e. The lowest BCUT2D eigenvalue weighted by molar-refractivity contribution is -0.117. The van der Waals surface area contributed by atoms with Crippen LogP contribution in [0, 0.1) is 5.92 Å². The summed E-state index contributed by atoms with van der Waals surface area (Å²) in [7, 11) is 1.62. The van der Waals surface area contributed by atoms with E-state index in [4.69, 9.17) is 4.74 Å². The van der Waals surface area contributed by atoms with Crippen molar-refractivity contribution in [2.24, 2.45) is 10.9 Å². The van der Waals surface area contributed by atoms with Crippen molar-refractivity contribution in [2.75, 3.05) is 13.7 Å². The first-order chi connectivity index (χ1) is 13.5. The minimum absolute atomic E-state index is 0.0607. The van der Waals surface area contributed by atoms with E-state index in [1.807, 2.05) is 42.5 Å². The number of thioether (sulfide) groups is 1. The summed E-state index contributed by atoms with van der Waals surface area (Å²) in [4.78, 5) is 29.5. The van der Waals surface area contributed by atoms with Gasteiger partial charge < -0.3 is 10.1 Å². The molecule has 0 spiro atoms. The van der Waals surface area contributed by atoms with Crippen LogP contribution in [-0.2, 0) is 9.59 Å². The molecule has 3 rings (SSSR count). The summed E-state index contributed by atoms with van der Waals surface area (Å²) in [5, 5.41) is 2.85.